The van der Waals surface area contributed by atoms with Gasteiger partial charge in [-0.2, -0.15) is 0 Å². The molecule has 1 aromatic heterocycles. The summed E-state index contributed by atoms with van der Waals surface area (Å²) in [5.74, 6) is 0.315. The smallest absolute Gasteiger partial charge is 0.222 e. The number of carbonyl (C=O) groups is 1. The molecule has 1 atom stereocenters. The van der Waals surface area contributed by atoms with Crippen LogP contribution in [0.25, 0.3) is 0 Å². The Morgan fingerprint density at radius 1 is 1.15 bits per heavy atom. The van der Waals surface area contributed by atoms with Gasteiger partial charge in [-0.25, -0.2) is 4.98 Å². The average Bonchev–Trinajstić information content (AvgIpc) is 3.17. The summed E-state index contributed by atoms with van der Waals surface area (Å²) in [6, 6.07) is 10.7. The summed E-state index contributed by atoms with van der Waals surface area (Å²) in [5.41, 5.74) is 2.76. The third kappa shape index (κ3) is 3.98. The predicted octanol–water partition coefficient (Wildman–Crippen LogP) is 2.86. The van der Waals surface area contributed by atoms with Crippen molar-refractivity contribution in [2.45, 2.75) is 38.6 Å². The maximum Gasteiger partial charge on any atom is 0.222 e. The first-order valence-corrected chi connectivity index (χ1v) is 9.74. The van der Waals surface area contributed by atoms with Gasteiger partial charge in [0.1, 0.15) is 0 Å². The number of hydrogen-bond acceptors (Lipinski definition) is 3. The molecule has 0 saturated carbocycles. The minimum atomic E-state index is 0.273. The van der Waals surface area contributed by atoms with Gasteiger partial charge in [0, 0.05) is 56.3 Å². The number of piperidine rings is 2. The maximum atomic E-state index is 12.4. The molecule has 0 radical (unpaired) electrons. The Bertz CT molecular complexity index is 715. The number of rotatable bonds is 5. The number of aromatic amines is 1. The normalized spacial score (nSPS) is 24.3. The minimum Gasteiger partial charge on any atom is -0.348 e. The van der Waals surface area contributed by atoms with Gasteiger partial charge in [0.25, 0.3) is 0 Å². The molecular formula is C21H28N4O. The molecule has 2 aromatic rings. The van der Waals surface area contributed by atoms with E-state index in [1.54, 1.807) is 6.33 Å². The Morgan fingerprint density at radius 2 is 2.04 bits per heavy atom. The number of nitrogens with zero attached hydrogens (tertiary/aromatic N) is 3. The second kappa shape index (κ2) is 7.62. The van der Waals surface area contributed by atoms with Crippen molar-refractivity contribution in [3.8, 4) is 0 Å². The van der Waals surface area contributed by atoms with E-state index >= 15 is 0 Å². The van der Waals surface area contributed by atoms with E-state index in [1.807, 2.05) is 6.20 Å². The van der Waals surface area contributed by atoms with Gasteiger partial charge in [-0.1, -0.05) is 30.3 Å². The highest BCUT2D eigenvalue weighted by atomic mass is 16.2. The maximum absolute atomic E-state index is 12.4. The van der Waals surface area contributed by atoms with Gasteiger partial charge in [0.15, 0.2) is 0 Å². The van der Waals surface area contributed by atoms with Crippen LogP contribution in [0.1, 0.15) is 36.9 Å². The molecule has 5 nitrogen and oxygen atoms in total. The van der Waals surface area contributed by atoms with Crippen molar-refractivity contribution < 1.29 is 4.79 Å². The van der Waals surface area contributed by atoms with Gasteiger partial charge in [0.05, 0.1) is 6.33 Å². The number of imidazole rings is 1. The van der Waals surface area contributed by atoms with Crippen LogP contribution < -0.4 is 0 Å². The monoisotopic (exact) mass is 352 g/mol. The van der Waals surface area contributed by atoms with Crippen LogP contribution in [0.2, 0.25) is 0 Å². The first-order chi connectivity index (χ1) is 12.7. The Kier molecular flexibility index (Phi) is 5.07. The van der Waals surface area contributed by atoms with E-state index in [2.05, 4.69) is 50.1 Å². The molecule has 0 aliphatic carbocycles. The molecule has 1 spiro atoms. The minimum absolute atomic E-state index is 0.273. The van der Waals surface area contributed by atoms with Gasteiger partial charge >= 0.3 is 0 Å². The summed E-state index contributed by atoms with van der Waals surface area (Å²) in [5, 5.41) is 0. The zero-order valence-corrected chi connectivity index (χ0v) is 15.4. The van der Waals surface area contributed by atoms with Crippen molar-refractivity contribution >= 4 is 5.91 Å². The van der Waals surface area contributed by atoms with Gasteiger partial charge in [-0.15, -0.1) is 0 Å². The predicted molar refractivity (Wildman–Crippen MR) is 101 cm³/mol. The number of nitrogens with one attached hydrogen (secondary N) is 1. The van der Waals surface area contributed by atoms with Gasteiger partial charge in [-0.3, -0.25) is 9.69 Å². The highest BCUT2D eigenvalue weighted by molar-refractivity contribution is 5.77. The summed E-state index contributed by atoms with van der Waals surface area (Å²) in [4.78, 5) is 24.3. The van der Waals surface area contributed by atoms with Crippen molar-refractivity contribution in [3.05, 3.63) is 54.1 Å². The molecule has 0 bridgehead atoms. The lowest BCUT2D eigenvalue weighted by Crippen LogP contribution is -2.54. The molecule has 2 aliphatic rings. The number of hydrogen-bond donors (Lipinski definition) is 1. The summed E-state index contributed by atoms with van der Waals surface area (Å²) in [6.07, 6.45) is 8.63. The number of carbonyl (C=O) groups excluding carboxylic acids is 1. The largest absolute Gasteiger partial charge is 0.348 e. The van der Waals surface area contributed by atoms with Crippen LogP contribution in [0.4, 0.5) is 0 Å². The third-order valence-electron chi connectivity index (χ3n) is 5.94. The first-order valence-electron chi connectivity index (χ1n) is 9.74. The fraction of sp³-hybridized carbons (Fsp3) is 0.524. The van der Waals surface area contributed by atoms with Crippen molar-refractivity contribution in [2.24, 2.45) is 5.41 Å². The van der Waals surface area contributed by atoms with Crippen molar-refractivity contribution in [1.82, 2.24) is 19.8 Å². The number of H-pyrrole nitrogens is 1. The van der Waals surface area contributed by atoms with Crippen molar-refractivity contribution in [1.29, 1.82) is 0 Å². The van der Waals surface area contributed by atoms with Gasteiger partial charge in [0.2, 0.25) is 5.91 Å². The summed E-state index contributed by atoms with van der Waals surface area (Å²) < 4.78 is 0. The van der Waals surface area contributed by atoms with E-state index in [9.17, 15) is 4.79 Å². The fourth-order valence-electron chi connectivity index (χ4n) is 4.60. The fourth-order valence-corrected chi connectivity index (χ4v) is 4.60. The summed E-state index contributed by atoms with van der Waals surface area (Å²) >= 11 is 0. The lowest BCUT2D eigenvalue weighted by atomic mass is 9.73. The molecule has 2 aliphatic heterocycles. The summed E-state index contributed by atoms with van der Waals surface area (Å²) in [7, 11) is 0. The van der Waals surface area contributed by atoms with Gasteiger partial charge in [-0.05, 0) is 31.4 Å². The second-order valence-corrected chi connectivity index (χ2v) is 7.94. The molecule has 138 valence electrons. The molecule has 0 unspecified atom stereocenters. The Morgan fingerprint density at radius 3 is 2.85 bits per heavy atom. The van der Waals surface area contributed by atoms with Crippen LogP contribution >= 0.6 is 0 Å². The van der Waals surface area contributed by atoms with Gasteiger partial charge < -0.3 is 9.88 Å². The van der Waals surface area contributed by atoms with Crippen LogP contribution in [0.5, 0.6) is 0 Å². The van der Waals surface area contributed by atoms with E-state index in [0.29, 0.717) is 12.3 Å². The lowest BCUT2D eigenvalue weighted by Gasteiger charge is -2.48. The number of aromatic nitrogens is 2. The Balaban J connectivity index is 1.39. The summed E-state index contributed by atoms with van der Waals surface area (Å²) in [6.45, 7) is 4.99. The second-order valence-electron chi connectivity index (χ2n) is 7.94. The first kappa shape index (κ1) is 17.3. The molecule has 1 N–H and O–H groups in total. The molecule has 26 heavy (non-hydrogen) atoms. The molecule has 4 rings (SSSR count). The lowest BCUT2D eigenvalue weighted by molar-refractivity contribution is -0.139. The van der Waals surface area contributed by atoms with Crippen LogP contribution in [-0.4, -0.2) is 51.9 Å². The van der Waals surface area contributed by atoms with E-state index in [1.165, 1.54) is 24.9 Å². The highest BCUT2D eigenvalue weighted by Crippen LogP contribution is 2.39. The zero-order valence-electron chi connectivity index (χ0n) is 15.4. The number of likely N-dealkylation sites (tertiary alicyclic amines) is 2. The molecule has 3 heterocycles. The van der Waals surface area contributed by atoms with Crippen LogP contribution in [0, 0.1) is 5.41 Å². The number of benzene rings is 1. The Hall–Kier alpha value is -2.14. The molecular weight excluding hydrogens is 324 g/mol. The molecule has 2 saturated heterocycles. The number of amides is 1. The third-order valence-corrected chi connectivity index (χ3v) is 5.94. The molecule has 1 amide bonds. The average molecular weight is 352 g/mol. The Labute approximate surface area is 155 Å². The van der Waals surface area contributed by atoms with Crippen LogP contribution in [0.15, 0.2) is 42.9 Å². The van der Waals surface area contributed by atoms with Crippen LogP contribution in [-0.2, 0) is 17.8 Å². The standard InChI is InChI=1S/C21H28N4O/c26-20-7-10-21(16-25(20)12-8-19-13-22-17-23-19)9-4-11-24(15-21)14-18-5-2-1-3-6-18/h1-3,5-6,13,17H,4,7-12,14-16H2,(H,22,23)/t21-/m0/s1. The van der Waals surface area contributed by atoms with E-state index < -0.39 is 0 Å². The van der Waals surface area contributed by atoms with E-state index in [4.69, 9.17) is 0 Å². The van der Waals surface area contributed by atoms with Crippen molar-refractivity contribution in [2.75, 3.05) is 26.2 Å². The molecule has 5 heteroatoms. The van der Waals surface area contributed by atoms with E-state index in [0.717, 1.165) is 44.7 Å². The molecule has 1 aromatic carbocycles. The molecule has 2 fully saturated rings. The topological polar surface area (TPSA) is 52.2 Å². The van der Waals surface area contributed by atoms with Crippen molar-refractivity contribution in [3.63, 3.8) is 0 Å². The van der Waals surface area contributed by atoms with Crippen LogP contribution in [0.3, 0.4) is 0 Å². The van der Waals surface area contributed by atoms with E-state index in [-0.39, 0.29) is 5.41 Å². The zero-order chi connectivity index (χ0) is 17.8. The quantitative estimate of drug-likeness (QED) is 0.900. The highest BCUT2D eigenvalue weighted by Gasteiger charge is 2.41. The SMILES string of the molecule is O=C1CC[C@]2(CCCN(Cc3ccccc3)C2)CN1CCc1cnc[nH]1.